The van der Waals surface area contributed by atoms with Crippen LogP contribution in [-0.4, -0.2) is 9.55 Å². The van der Waals surface area contributed by atoms with E-state index in [1.807, 2.05) is 34.6 Å². The SMILES string of the molecule is Cc1ncc(C(C)C)c(=O)n1C(C)C. The Balaban J connectivity index is 3.42. The average molecular weight is 194 g/mol. The zero-order valence-corrected chi connectivity index (χ0v) is 9.53. The molecule has 0 aromatic carbocycles. The van der Waals surface area contributed by atoms with Gasteiger partial charge in [0, 0.05) is 17.8 Å². The van der Waals surface area contributed by atoms with Gasteiger partial charge in [-0.25, -0.2) is 4.98 Å². The molecule has 0 aliphatic rings. The number of hydrogen-bond donors (Lipinski definition) is 0. The van der Waals surface area contributed by atoms with Gasteiger partial charge >= 0.3 is 0 Å². The first-order valence-corrected chi connectivity index (χ1v) is 5.03. The van der Waals surface area contributed by atoms with Gasteiger partial charge in [-0.15, -0.1) is 0 Å². The van der Waals surface area contributed by atoms with Crippen LogP contribution in [0.1, 0.15) is 51.0 Å². The minimum atomic E-state index is 0.0995. The predicted octanol–water partition coefficient (Wildman–Crippen LogP) is 2.26. The molecule has 0 N–H and O–H groups in total. The molecule has 0 saturated heterocycles. The van der Waals surface area contributed by atoms with E-state index < -0.39 is 0 Å². The topological polar surface area (TPSA) is 34.9 Å². The lowest BCUT2D eigenvalue weighted by Crippen LogP contribution is -2.28. The minimum Gasteiger partial charge on any atom is -0.294 e. The summed E-state index contributed by atoms with van der Waals surface area (Å²) in [5.74, 6) is 1.02. The molecule has 1 aromatic rings. The molecule has 0 fully saturated rings. The molecule has 1 heterocycles. The molecule has 0 spiro atoms. The van der Waals surface area contributed by atoms with Gasteiger partial charge in [0.25, 0.3) is 5.56 Å². The van der Waals surface area contributed by atoms with Crippen molar-refractivity contribution in [2.24, 2.45) is 0 Å². The zero-order valence-electron chi connectivity index (χ0n) is 9.53. The number of aryl methyl sites for hydroxylation is 1. The summed E-state index contributed by atoms with van der Waals surface area (Å²) in [4.78, 5) is 16.2. The highest BCUT2D eigenvalue weighted by molar-refractivity contribution is 5.12. The van der Waals surface area contributed by atoms with Gasteiger partial charge in [-0.2, -0.15) is 0 Å². The molecular formula is C11H18N2O. The summed E-state index contributed by atoms with van der Waals surface area (Å²) in [5.41, 5.74) is 0.895. The Labute approximate surface area is 84.8 Å². The van der Waals surface area contributed by atoms with E-state index in [0.717, 1.165) is 11.4 Å². The number of rotatable bonds is 2. The van der Waals surface area contributed by atoms with E-state index in [-0.39, 0.29) is 17.5 Å². The lowest BCUT2D eigenvalue weighted by Gasteiger charge is -2.15. The van der Waals surface area contributed by atoms with E-state index in [1.54, 1.807) is 10.8 Å². The van der Waals surface area contributed by atoms with Crippen molar-refractivity contribution in [2.75, 3.05) is 0 Å². The lowest BCUT2D eigenvalue weighted by atomic mass is 10.1. The third-order valence-electron chi connectivity index (χ3n) is 2.34. The van der Waals surface area contributed by atoms with E-state index >= 15 is 0 Å². The fraction of sp³-hybridized carbons (Fsp3) is 0.636. The molecule has 1 rings (SSSR count). The fourth-order valence-corrected chi connectivity index (χ4v) is 1.57. The largest absolute Gasteiger partial charge is 0.294 e. The van der Waals surface area contributed by atoms with E-state index in [0.29, 0.717) is 0 Å². The van der Waals surface area contributed by atoms with Crippen LogP contribution in [0.15, 0.2) is 11.0 Å². The first-order chi connectivity index (χ1) is 6.45. The highest BCUT2D eigenvalue weighted by Gasteiger charge is 2.11. The van der Waals surface area contributed by atoms with Crippen molar-refractivity contribution in [3.05, 3.63) is 27.9 Å². The summed E-state index contributed by atoms with van der Waals surface area (Å²) in [6.45, 7) is 9.89. The molecule has 0 aliphatic heterocycles. The Morgan fingerprint density at radius 2 is 1.86 bits per heavy atom. The normalized spacial score (nSPS) is 11.4. The molecule has 0 aliphatic carbocycles. The van der Waals surface area contributed by atoms with Crippen LogP contribution in [0.5, 0.6) is 0 Å². The maximum Gasteiger partial charge on any atom is 0.257 e. The van der Waals surface area contributed by atoms with Crippen LogP contribution in [0, 0.1) is 6.92 Å². The molecule has 1 aromatic heterocycles. The molecule has 3 heteroatoms. The van der Waals surface area contributed by atoms with Gasteiger partial charge in [0.05, 0.1) is 0 Å². The van der Waals surface area contributed by atoms with Gasteiger partial charge in [-0.05, 0) is 26.7 Å². The maximum atomic E-state index is 12.0. The predicted molar refractivity (Wildman–Crippen MR) is 57.7 cm³/mol. The fourth-order valence-electron chi connectivity index (χ4n) is 1.57. The van der Waals surface area contributed by atoms with Gasteiger partial charge in [-0.3, -0.25) is 9.36 Å². The molecule has 3 nitrogen and oxygen atoms in total. The van der Waals surface area contributed by atoms with Crippen LogP contribution < -0.4 is 5.56 Å². The lowest BCUT2D eigenvalue weighted by molar-refractivity contribution is 0.539. The van der Waals surface area contributed by atoms with Crippen molar-refractivity contribution in [1.29, 1.82) is 0 Å². The molecule has 78 valence electrons. The van der Waals surface area contributed by atoms with Gasteiger partial charge < -0.3 is 0 Å². The summed E-state index contributed by atoms with van der Waals surface area (Å²) in [5, 5.41) is 0. The molecule has 14 heavy (non-hydrogen) atoms. The first-order valence-electron chi connectivity index (χ1n) is 5.03. The molecule has 0 bridgehead atoms. The summed E-state index contributed by atoms with van der Waals surface area (Å²) in [6, 6.07) is 0.175. The van der Waals surface area contributed by atoms with Crippen molar-refractivity contribution in [3.8, 4) is 0 Å². The van der Waals surface area contributed by atoms with Gasteiger partial charge in [0.15, 0.2) is 0 Å². The third-order valence-corrected chi connectivity index (χ3v) is 2.34. The van der Waals surface area contributed by atoms with Crippen LogP contribution >= 0.6 is 0 Å². The summed E-state index contributed by atoms with van der Waals surface area (Å²) >= 11 is 0. The third kappa shape index (κ3) is 1.86. The van der Waals surface area contributed by atoms with E-state index in [1.165, 1.54) is 0 Å². The van der Waals surface area contributed by atoms with Crippen molar-refractivity contribution in [3.63, 3.8) is 0 Å². The molecular weight excluding hydrogens is 176 g/mol. The van der Waals surface area contributed by atoms with Gasteiger partial charge in [0.2, 0.25) is 0 Å². The van der Waals surface area contributed by atoms with Crippen molar-refractivity contribution < 1.29 is 0 Å². The first kappa shape index (κ1) is 11.0. The molecule has 0 radical (unpaired) electrons. The monoisotopic (exact) mass is 194 g/mol. The van der Waals surface area contributed by atoms with E-state index in [2.05, 4.69) is 4.98 Å². The van der Waals surface area contributed by atoms with Crippen LogP contribution in [0.25, 0.3) is 0 Å². The Kier molecular flexibility index (Phi) is 3.09. The smallest absolute Gasteiger partial charge is 0.257 e. The standard InChI is InChI=1S/C11H18N2O/c1-7(2)10-6-12-9(5)13(8(3)4)11(10)14/h6-8H,1-5H3. The summed E-state index contributed by atoms with van der Waals surface area (Å²) in [7, 11) is 0. The van der Waals surface area contributed by atoms with Crippen LogP contribution in [-0.2, 0) is 0 Å². The van der Waals surface area contributed by atoms with Gasteiger partial charge in [-0.1, -0.05) is 13.8 Å². The van der Waals surface area contributed by atoms with E-state index in [4.69, 9.17) is 0 Å². The number of nitrogens with zero attached hydrogens (tertiary/aromatic N) is 2. The maximum absolute atomic E-state index is 12.0. The quantitative estimate of drug-likeness (QED) is 0.723. The summed E-state index contributed by atoms with van der Waals surface area (Å²) in [6.07, 6.45) is 1.70. The Morgan fingerprint density at radius 1 is 1.29 bits per heavy atom. The van der Waals surface area contributed by atoms with Crippen molar-refractivity contribution >= 4 is 0 Å². The molecule has 0 unspecified atom stereocenters. The second-order valence-electron chi connectivity index (χ2n) is 4.18. The highest BCUT2D eigenvalue weighted by Crippen LogP contribution is 2.10. The van der Waals surface area contributed by atoms with Crippen molar-refractivity contribution in [1.82, 2.24) is 9.55 Å². The number of hydrogen-bond acceptors (Lipinski definition) is 2. The second kappa shape index (κ2) is 3.95. The Bertz CT molecular complexity index is 377. The summed E-state index contributed by atoms with van der Waals surface area (Å²) < 4.78 is 1.75. The Morgan fingerprint density at radius 3 is 2.29 bits per heavy atom. The molecule has 0 atom stereocenters. The van der Waals surface area contributed by atoms with Crippen molar-refractivity contribution in [2.45, 2.75) is 46.6 Å². The average Bonchev–Trinajstić information content (AvgIpc) is 2.02. The molecule has 0 saturated carbocycles. The van der Waals surface area contributed by atoms with Gasteiger partial charge in [0.1, 0.15) is 5.82 Å². The van der Waals surface area contributed by atoms with Crippen LogP contribution in [0.2, 0.25) is 0 Å². The van der Waals surface area contributed by atoms with Crippen LogP contribution in [0.4, 0.5) is 0 Å². The van der Waals surface area contributed by atoms with Crippen LogP contribution in [0.3, 0.4) is 0 Å². The molecule has 0 amide bonds. The Hall–Kier alpha value is -1.12. The minimum absolute atomic E-state index is 0.0995. The van der Waals surface area contributed by atoms with E-state index in [9.17, 15) is 4.79 Å². The highest BCUT2D eigenvalue weighted by atomic mass is 16.1. The number of aromatic nitrogens is 2. The second-order valence-corrected chi connectivity index (χ2v) is 4.18. The zero-order chi connectivity index (χ0) is 10.9.